The highest BCUT2D eigenvalue weighted by Crippen LogP contribution is 2.20. The molecule has 6 nitrogen and oxygen atoms in total. The second kappa shape index (κ2) is 7.33. The number of carbonyl (C=O) groups is 1. The summed E-state index contributed by atoms with van der Waals surface area (Å²) in [6.07, 6.45) is 7.63. The van der Waals surface area contributed by atoms with Gasteiger partial charge in [0.1, 0.15) is 0 Å². The van der Waals surface area contributed by atoms with Crippen molar-refractivity contribution in [2.45, 2.75) is 19.4 Å². The van der Waals surface area contributed by atoms with Crippen molar-refractivity contribution >= 4 is 17.3 Å². The highest BCUT2D eigenvalue weighted by atomic mass is 16.5. The van der Waals surface area contributed by atoms with Crippen molar-refractivity contribution in [1.82, 2.24) is 9.55 Å². The zero-order valence-electron chi connectivity index (χ0n) is 12.1. The molecule has 0 atom stereocenters. The number of imidazole rings is 1. The Morgan fingerprint density at radius 3 is 2.95 bits per heavy atom. The number of anilines is 2. The minimum absolute atomic E-state index is 0.381. The molecule has 6 heteroatoms. The summed E-state index contributed by atoms with van der Waals surface area (Å²) in [6, 6.07) is 5.13. The predicted octanol–water partition coefficient (Wildman–Crippen LogP) is 2.14. The second-order valence-electron chi connectivity index (χ2n) is 4.73. The lowest BCUT2D eigenvalue weighted by Gasteiger charge is -2.10. The monoisotopic (exact) mass is 288 g/mol. The van der Waals surface area contributed by atoms with Crippen molar-refractivity contribution in [3.63, 3.8) is 0 Å². The molecule has 2 rings (SSSR count). The lowest BCUT2D eigenvalue weighted by atomic mass is 10.1. The van der Waals surface area contributed by atoms with Crippen molar-refractivity contribution < 1.29 is 9.53 Å². The molecule has 3 N–H and O–H groups in total. The van der Waals surface area contributed by atoms with Crippen LogP contribution in [-0.4, -0.2) is 29.2 Å². The van der Waals surface area contributed by atoms with E-state index in [1.165, 1.54) is 7.11 Å². The van der Waals surface area contributed by atoms with Crippen LogP contribution in [0, 0.1) is 0 Å². The smallest absolute Gasteiger partial charge is 0.337 e. The number of aromatic nitrogens is 2. The molecule has 0 aliphatic carbocycles. The lowest BCUT2D eigenvalue weighted by Crippen LogP contribution is -2.07. The van der Waals surface area contributed by atoms with E-state index in [0.717, 1.165) is 31.6 Å². The van der Waals surface area contributed by atoms with Gasteiger partial charge in [-0.05, 0) is 31.0 Å². The number of hydrogen-bond donors (Lipinski definition) is 2. The molecule has 0 spiro atoms. The molecule has 0 radical (unpaired) electrons. The normalized spacial score (nSPS) is 10.3. The van der Waals surface area contributed by atoms with Gasteiger partial charge < -0.3 is 20.4 Å². The first-order valence-corrected chi connectivity index (χ1v) is 6.88. The van der Waals surface area contributed by atoms with Crippen molar-refractivity contribution in [2.24, 2.45) is 0 Å². The van der Waals surface area contributed by atoms with E-state index in [0.29, 0.717) is 11.3 Å². The van der Waals surface area contributed by atoms with Gasteiger partial charge in [-0.25, -0.2) is 9.78 Å². The topological polar surface area (TPSA) is 82.2 Å². The van der Waals surface area contributed by atoms with Gasteiger partial charge in [0.05, 0.1) is 30.4 Å². The van der Waals surface area contributed by atoms with Crippen molar-refractivity contribution in [1.29, 1.82) is 0 Å². The number of carbonyl (C=O) groups excluding carboxylic acids is 1. The summed E-state index contributed by atoms with van der Waals surface area (Å²) in [6.45, 7) is 1.79. The molecule has 0 unspecified atom stereocenters. The first-order valence-electron chi connectivity index (χ1n) is 6.88. The minimum atomic E-state index is -0.381. The first-order chi connectivity index (χ1) is 10.2. The zero-order valence-corrected chi connectivity index (χ0v) is 12.1. The predicted molar refractivity (Wildman–Crippen MR) is 82.1 cm³/mol. The molecular formula is C15H20N4O2. The number of methoxy groups -OCH3 is 1. The summed E-state index contributed by atoms with van der Waals surface area (Å²) >= 11 is 0. The third kappa shape index (κ3) is 4.24. The average molecular weight is 288 g/mol. The Balaban J connectivity index is 1.76. The maximum atomic E-state index is 11.4. The summed E-state index contributed by atoms with van der Waals surface area (Å²) < 4.78 is 6.71. The van der Waals surface area contributed by atoms with Crippen LogP contribution in [0.2, 0.25) is 0 Å². The molecule has 112 valence electrons. The van der Waals surface area contributed by atoms with Crippen LogP contribution in [0.25, 0.3) is 0 Å². The molecular weight excluding hydrogens is 268 g/mol. The van der Waals surface area contributed by atoms with Gasteiger partial charge in [0.2, 0.25) is 0 Å². The van der Waals surface area contributed by atoms with E-state index in [2.05, 4.69) is 19.6 Å². The van der Waals surface area contributed by atoms with Crippen LogP contribution in [0.1, 0.15) is 23.2 Å². The Labute approximate surface area is 123 Å². The molecule has 0 saturated carbocycles. The third-order valence-electron chi connectivity index (χ3n) is 3.19. The molecule has 0 aliphatic heterocycles. The van der Waals surface area contributed by atoms with Crippen LogP contribution >= 0.6 is 0 Å². The van der Waals surface area contributed by atoms with Crippen LogP contribution in [-0.2, 0) is 11.3 Å². The molecule has 0 aliphatic rings. The van der Waals surface area contributed by atoms with Crippen LogP contribution in [0.5, 0.6) is 0 Å². The van der Waals surface area contributed by atoms with Crippen LogP contribution in [0.3, 0.4) is 0 Å². The van der Waals surface area contributed by atoms with Crippen LogP contribution in [0.15, 0.2) is 36.9 Å². The van der Waals surface area contributed by atoms with Crippen molar-refractivity contribution in [3.8, 4) is 0 Å². The largest absolute Gasteiger partial charge is 0.465 e. The molecule has 1 aromatic heterocycles. The number of benzene rings is 1. The number of rotatable bonds is 7. The fraction of sp³-hybridized carbons (Fsp3) is 0.333. The van der Waals surface area contributed by atoms with E-state index < -0.39 is 0 Å². The first kappa shape index (κ1) is 14.9. The fourth-order valence-electron chi connectivity index (χ4n) is 2.03. The number of nitrogens with one attached hydrogen (secondary N) is 1. The maximum Gasteiger partial charge on any atom is 0.337 e. The van der Waals surface area contributed by atoms with E-state index in [9.17, 15) is 4.79 Å². The number of esters is 1. The summed E-state index contributed by atoms with van der Waals surface area (Å²) in [5, 5.41) is 3.28. The second-order valence-corrected chi connectivity index (χ2v) is 4.73. The summed E-state index contributed by atoms with van der Waals surface area (Å²) in [5.41, 5.74) is 7.77. The standard InChI is InChI=1S/C15H20N4O2/c1-21-15(20)12-4-5-14(13(16)10-12)18-6-2-3-8-19-9-7-17-11-19/h4-5,7,9-11,18H,2-3,6,8,16H2,1H3. The fourth-order valence-corrected chi connectivity index (χ4v) is 2.03. The Hall–Kier alpha value is -2.50. The molecule has 0 saturated heterocycles. The van der Waals surface area contributed by atoms with Gasteiger partial charge in [0.15, 0.2) is 0 Å². The minimum Gasteiger partial charge on any atom is -0.465 e. The van der Waals surface area contributed by atoms with E-state index in [4.69, 9.17) is 5.73 Å². The molecule has 0 fully saturated rings. The zero-order chi connectivity index (χ0) is 15.1. The van der Waals surface area contributed by atoms with Gasteiger partial charge in [-0.3, -0.25) is 0 Å². The average Bonchev–Trinajstić information content (AvgIpc) is 3.00. The Morgan fingerprint density at radius 2 is 2.29 bits per heavy atom. The summed E-state index contributed by atoms with van der Waals surface area (Å²) in [7, 11) is 1.35. The third-order valence-corrected chi connectivity index (χ3v) is 3.19. The highest BCUT2D eigenvalue weighted by Gasteiger charge is 2.07. The van der Waals surface area contributed by atoms with E-state index in [-0.39, 0.29) is 5.97 Å². The quantitative estimate of drug-likeness (QED) is 0.463. The molecule has 0 bridgehead atoms. The van der Waals surface area contributed by atoms with E-state index in [1.807, 2.05) is 12.5 Å². The number of hydrogen-bond acceptors (Lipinski definition) is 5. The lowest BCUT2D eigenvalue weighted by molar-refractivity contribution is 0.0601. The van der Waals surface area contributed by atoms with Crippen LogP contribution < -0.4 is 11.1 Å². The SMILES string of the molecule is COC(=O)c1ccc(NCCCCn2ccnc2)c(N)c1. The number of unbranched alkanes of at least 4 members (excludes halogenated alkanes) is 1. The van der Waals surface area contributed by atoms with Crippen molar-refractivity contribution in [2.75, 3.05) is 24.7 Å². The summed E-state index contributed by atoms with van der Waals surface area (Å²) in [4.78, 5) is 15.4. The van der Waals surface area contributed by atoms with Crippen molar-refractivity contribution in [3.05, 3.63) is 42.5 Å². The number of nitrogens with zero attached hydrogens (tertiary/aromatic N) is 2. The summed E-state index contributed by atoms with van der Waals surface area (Å²) in [5.74, 6) is -0.381. The Morgan fingerprint density at radius 1 is 1.43 bits per heavy atom. The molecule has 1 heterocycles. The van der Waals surface area contributed by atoms with Gasteiger partial charge >= 0.3 is 5.97 Å². The van der Waals surface area contributed by atoms with Gasteiger partial charge in [-0.1, -0.05) is 0 Å². The Bertz CT molecular complexity index is 581. The highest BCUT2D eigenvalue weighted by molar-refractivity contribution is 5.91. The number of nitrogens with two attached hydrogens (primary N) is 1. The van der Waals surface area contributed by atoms with Gasteiger partial charge in [0, 0.05) is 25.5 Å². The van der Waals surface area contributed by atoms with Gasteiger partial charge in [0.25, 0.3) is 0 Å². The van der Waals surface area contributed by atoms with E-state index in [1.54, 1.807) is 24.4 Å². The van der Waals surface area contributed by atoms with Gasteiger partial charge in [-0.2, -0.15) is 0 Å². The molecule has 2 aromatic rings. The molecule has 0 amide bonds. The van der Waals surface area contributed by atoms with E-state index >= 15 is 0 Å². The Kier molecular flexibility index (Phi) is 5.20. The number of nitrogen functional groups attached to an aromatic ring is 1. The van der Waals surface area contributed by atoms with Crippen LogP contribution in [0.4, 0.5) is 11.4 Å². The van der Waals surface area contributed by atoms with Gasteiger partial charge in [-0.15, -0.1) is 0 Å². The maximum absolute atomic E-state index is 11.4. The molecule has 21 heavy (non-hydrogen) atoms. The number of ether oxygens (including phenoxy) is 1. The molecule has 1 aromatic carbocycles. The number of aryl methyl sites for hydroxylation is 1.